The quantitative estimate of drug-likeness (QED) is 0.674. The molecule has 90 valence electrons. The fourth-order valence-electron chi connectivity index (χ4n) is 3.14. The average molecular weight is 211 g/mol. The van der Waals surface area contributed by atoms with E-state index >= 15 is 0 Å². The molecule has 2 N–H and O–H groups in total. The molecule has 1 aliphatic rings. The first-order valence-corrected chi connectivity index (χ1v) is 7.03. The number of rotatable bonds is 7. The molecule has 0 aliphatic heterocycles. The van der Waals surface area contributed by atoms with E-state index in [-0.39, 0.29) is 0 Å². The van der Waals surface area contributed by atoms with E-state index in [9.17, 15) is 0 Å². The van der Waals surface area contributed by atoms with Crippen molar-refractivity contribution in [3.63, 3.8) is 0 Å². The van der Waals surface area contributed by atoms with Crippen LogP contribution in [-0.2, 0) is 0 Å². The van der Waals surface area contributed by atoms with Gasteiger partial charge >= 0.3 is 0 Å². The molecule has 0 aromatic heterocycles. The summed E-state index contributed by atoms with van der Waals surface area (Å²) in [6.07, 6.45) is 12.3. The summed E-state index contributed by atoms with van der Waals surface area (Å²) in [5.74, 6) is 1.75. The molecule has 0 bridgehead atoms. The van der Waals surface area contributed by atoms with Crippen molar-refractivity contribution < 1.29 is 0 Å². The summed E-state index contributed by atoms with van der Waals surface area (Å²) in [6.45, 7) is 4.57. The Bertz CT molecular complexity index is 143. The molecular weight excluding hydrogens is 182 g/mol. The fraction of sp³-hybridized carbons (Fsp3) is 1.00. The van der Waals surface area contributed by atoms with Gasteiger partial charge in [-0.2, -0.15) is 0 Å². The first-order valence-electron chi connectivity index (χ1n) is 7.03. The summed E-state index contributed by atoms with van der Waals surface area (Å²) in [7, 11) is 0. The number of hydrogen-bond donors (Lipinski definition) is 1. The molecule has 0 aromatic carbocycles. The predicted molar refractivity (Wildman–Crippen MR) is 67.9 cm³/mol. The van der Waals surface area contributed by atoms with E-state index in [1.165, 1.54) is 57.8 Å². The topological polar surface area (TPSA) is 26.0 Å². The Morgan fingerprint density at radius 1 is 1.07 bits per heavy atom. The molecule has 1 fully saturated rings. The van der Waals surface area contributed by atoms with Crippen molar-refractivity contribution in [2.75, 3.05) is 0 Å². The molecule has 0 aromatic rings. The first-order chi connectivity index (χ1) is 7.27. The van der Waals surface area contributed by atoms with Gasteiger partial charge < -0.3 is 5.73 Å². The Labute approximate surface area is 95.8 Å². The van der Waals surface area contributed by atoms with E-state index in [2.05, 4.69) is 13.8 Å². The second-order valence-electron chi connectivity index (χ2n) is 5.39. The van der Waals surface area contributed by atoms with Gasteiger partial charge in [-0.25, -0.2) is 0 Å². The van der Waals surface area contributed by atoms with Crippen LogP contribution >= 0.6 is 0 Å². The number of nitrogens with two attached hydrogens (primary N) is 1. The van der Waals surface area contributed by atoms with Crippen molar-refractivity contribution in [3.8, 4) is 0 Å². The highest BCUT2D eigenvalue weighted by molar-refractivity contribution is 4.78. The molecule has 0 heterocycles. The standard InChI is InChI=1S/C14H29N/c1-3-7-13(8-4-2)14(15)11-12-9-5-6-10-12/h12-14H,3-11,15H2,1-2H3. The SMILES string of the molecule is CCCC(CCC)C(N)CC1CCCC1. The highest BCUT2D eigenvalue weighted by atomic mass is 14.7. The van der Waals surface area contributed by atoms with Crippen LogP contribution in [0.4, 0.5) is 0 Å². The molecule has 1 atom stereocenters. The lowest BCUT2D eigenvalue weighted by molar-refractivity contribution is 0.307. The summed E-state index contributed by atoms with van der Waals surface area (Å²) < 4.78 is 0. The minimum atomic E-state index is 0.480. The van der Waals surface area contributed by atoms with Crippen LogP contribution in [0.2, 0.25) is 0 Å². The van der Waals surface area contributed by atoms with Crippen LogP contribution in [0.3, 0.4) is 0 Å². The zero-order valence-corrected chi connectivity index (χ0v) is 10.7. The van der Waals surface area contributed by atoms with E-state index in [4.69, 9.17) is 5.73 Å². The molecule has 1 nitrogen and oxygen atoms in total. The molecule has 1 saturated carbocycles. The van der Waals surface area contributed by atoms with Crippen LogP contribution in [0.15, 0.2) is 0 Å². The summed E-state index contributed by atoms with van der Waals surface area (Å²) in [5.41, 5.74) is 6.37. The van der Waals surface area contributed by atoms with Crippen LogP contribution in [-0.4, -0.2) is 6.04 Å². The molecule has 1 rings (SSSR count). The Balaban J connectivity index is 2.29. The summed E-state index contributed by atoms with van der Waals surface area (Å²) >= 11 is 0. The van der Waals surface area contributed by atoms with Gasteiger partial charge in [0.1, 0.15) is 0 Å². The molecule has 1 heteroatoms. The van der Waals surface area contributed by atoms with Gasteiger partial charge in [-0.1, -0.05) is 52.4 Å². The maximum Gasteiger partial charge on any atom is 0.00697 e. The van der Waals surface area contributed by atoms with Crippen molar-refractivity contribution in [2.45, 2.75) is 77.7 Å². The summed E-state index contributed by atoms with van der Waals surface area (Å²) in [5, 5.41) is 0. The minimum absolute atomic E-state index is 0.480. The van der Waals surface area contributed by atoms with Crippen molar-refractivity contribution in [2.24, 2.45) is 17.6 Å². The highest BCUT2D eigenvalue weighted by Crippen LogP contribution is 2.31. The molecular formula is C14H29N. The van der Waals surface area contributed by atoms with Gasteiger partial charge in [0, 0.05) is 6.04 Å². The van der Waals surface area contributed by atoms with E-state index < -0.39 is 0 Å². The molecule has 0 amide bonds. The minimum Gasteiger partial charge on any atom is -0.327 e. The predicted octanol–water partition coefficient (Wildman–Crippen LogP) is 4.11. The first kappa shape index (κ1) is 13.0. The Morgan fingerprint density at radius 3 is 2.07 bits per heavy atom. The maximum atomic E-state index is 6.37. The lowest BCUT2D eigenvalue weighted by Crippen LogP contribution is -2.32. The molecule has 0 saturated heterocycles. The van der Waals surface area contributed by atoms with Crippen LogP contribution in [0.5, 0.6) is 0 Å². The summed E-state index contributed by atoms with van der Waals surface area (Å²) in [6, 6.07) is 0.480. The lowest BCUT2D eigenvalue weighted by atomic mass is 9.85. The van der Waals surface area contributed by atoms with Gasteiger partial charge in [-0.3, -0.25) is 0 Å². The van der Waals surface area contributed by atoms with Gasteiger partial charge in [0.15, 0.2) is 0 Å². The van der Waals surface area contributed by atoms with Crippen LogP contribution in [0.1, 0.15) is 71.6 Å². The van der Waals surface area contributed by atoms with Crippen molar-refractivity contribution in [1.29, 1.82) is 0 Å². The van der Waals surface area contributed by atoms with Crippen LogP contribution in [0, 0.1) is 11.8 Å². The third-order valence-electron chi connectivity index (χ3n) is 4.00. The number of hydrogen-bond acceptors (Lipinski definition) is 1. The molecule has 1 unspecified atom stereocenters. The third kappa shape index (κ3) is 4.55. The van der Waals surface area contributed by atoms with Crippen LogP contribution in [0.25, 0.3) is 0 Å². The highest BCUT2D eigenvalue weighted by Gasteiger charge is 2.22. The van der Waals surface area contributed by atoms with Crippen molar-refractivity contribution in [1.82, 2.24) is 0 Å². The molecule has 0 radical (unpaired) electrons. The van der Waals surface area contributed by atoms with E-state index in [0.29, 0.717) is 6.04 Å². The van der Waals surface area contributed by atoms with Gasteiger partial charge in [-0.15, -0.1) is 0 Å². The maximum absolute atomic E-state index is 6.37. The lowest BCUT2D eigenvalue weighted by Gasteiger charge is -2.25. The Morgan fingerprint density at radius 2 is 1.60 bits per heavy atom. The van der Waals surface area contributed by atoms with Crippen molar-refractivity contribution in [3.05, 3.63) is 0 Å². The zero-order valence-electron chi connectivity index (χ0n) is 10.7. The molecule has 0 spiro atoms. The second kappa shape index (κ2) is 7.27. The average Bonchev–Trinajstić information content (AvgIpc) is 2.70. The second-order valence-corrected chi connectivity index (χ2v) is 5.39. The van der Waals surface area contributed by atoms with E-state index in [0.717, 1.165) is 11.8 Å². The van der Waals surface area contributed by atoms with Crippen LogP contribution < -0.4 is 5.73 Å². The Kier molecular flexibility index (Phi) is 6.31. The monoisotopic (exact) mass is 211 g/mol. The van der Waals surface area contributed by atoms with E-state index in [1.54, 1.807) is 0 Å². The van der Waals surface area contributed by atoms with Gasteiger partial charge in [0.25, 0.3) is 0 Å². The van der Waals surface area contributed by atoms with Gasteiger partial charge in [0.2, 0.25) is 0 Å². The normalized spacial score (nSPS) is 20.0. The largest absolute Gasteiger partial charge is 0.327 e. The molecule has 1 aliphatic carbocycles. The summed E-state index contributed by atoms with van der Waals surface area (Å²) in [4.78, 5) is 0. The van der Waals surface area contributed by atoms with Gasteiger partial charge in [-0.05, 0) is 31.1 Å². The zero-order chi connectivity index (χ0) is 11.1. The van der Waals surface area contributed by atoms with Crippen molar-refractivity contribution >= 4 is 0 Å². The van der Waals surface area contributed by atoms with E-state index in [1.807, 2.05) is 0 Å². The molecule has 15 heavy (non-hydrogen) atoms. The fourth-order valence-corrected chi connectivity index (χ4v) is 3.14. The Hall–Kier alpha value is -0.0400. The van der Waals surface area contributed by atoms with Gasteiger partial charge in [0.05, 0.1) is 0 Å². The third-order valence-corrected chi connectivity index (χ3v) is 4.00. The smallest absolute Gasteiger partial charge is 0.00697 e.